The van der Waals surface area contributed by atoms with Gasteiger partial charge in [0.15, 0.2) is 0 Å². The number of carbonyl (C=O) groups excluding carboxylic acids is 1. The van der Waals surface area contributed by atoms with Crippen LogP contribution in [0.3, 0.4) is 0 Å². The van der Waals surface area contributed by atoms with Crippen molar-refractivity contribution in [1.29, 1.82) is 0 Å². The van der Waals surface area contributed by atoms with E-state index in [0.29, 0.717) is 5.75 Å². The Balaban J connectivity index is 2.66. The molecule has 0 radical (unpaired) electrons. The summed E-state index contributed by atoms with van der Waals surface area (Å²) in [5, 5.41) is 13.7. The van der Waals surface area contributed by atoms with Crippen molar-refractivity contribution in [3.8, 4) is 11.6 Å². The number of ether oxygens (including phenoxy) is 1. The predicted molar refractivity (Wildman–Crippen MR) is 88.4 cm³/mol. The predicted octanol–water partition coefficient (Wildman–Crippen LogP) is 2.38. The fourth-order valence-electron chi connectivity index (χ4n) is 1.93. The highest BCUT2D eigenvalue weighted by molar-refractivity contribution is 7.92. The average Bonchev–Trinajstić information content (AvgIpc) is 2.79. The Morgan fingerprint density at radius 1 is 1.39 bits per heavy atom. The second kappa shape index (κ2) is 6.21. The summed E-state index contributed by atoms with van der Waals surface area (Å²) in [6.07, 6.45) is 4.15. The van der Waals surface area contributed by atoms with Crippen LogP contribution in [0.4, 0.5) is 5.69 Å². The van der Waals surface area contributed by atoms with Gasteiger partial charge in [-0.3, -0.25) is 4.79 Å². The van der Waals surface area contributed by atoms with Crippen LogP contribution in [0.2, 0.25) is 5.02 Å². The molecule has 1 N–H and O–H groups in total. The standard InChI is InChI=1S/C14H16ClN3O4S/c1-18-14(20)9(7-16-18)13(19)8-5-6-10(22-2)12(11(8)15)17-23(3,4)21/h5-7,20H,1-4H3. The van der Waals surface area contributed by atoms with E-state index in [1.54, 1.807) is 0 Å². The van der Waals surface area contributed by atoms with Crippen LogP contribution in [0.1, 0.15) is 15.9 Å². The number of halogens is 1. The van der Waals surface area contributed by atoms with E-state index >= 15 is 0 Å². The minimum Gasteiger partial charge on any atom is -0.494 e. The van der Waals surface area contributed by atoms with Crippen LogP contribution >= 0.6 is 11.6 Å². The maximum atomic E-state index is 12.6. The number of ketones is 1. The summed E-state index contributed by atoms with van der Waals surface area (Å²) >= 11 is 6.27. The molecular formula is C14H16ClN3O4S. The molecular weight excluding hydrogens is 342 g/mol. The average molecular weight is 358 g/mol. The van der Waals surface area contributed by atoms with Gasteiger partial charge in [-0.25, -0.2) is 8.89 Å². The number of benzene rings is 1. The van der Waals surface area contributed by atoms with Crippen molar-refractivity contribution in [3.05, 3.63) is 34.5 Å². The fraction of sp³-hybridized carbons (Fsp3) is 0.286. The van der Waals surface area contributed by atoms with Crippen LogP contribution in [-0.2, 0) is 16.8 Å². The Bertz CT molecular complexity index is 890. The summed E-state index contributed by atoms with van der Waals surface area (Å²) < 4.78 is 22.4. The first-order valence-corrected chi connectivity index (χ1v) is 9.16. The normalized spacial score (nSPS) is 11.3. The molecule has 2 rings (SSSR count). The molecule has 0 unspecified atom stereocenters. The van der Waals surface area contributed by atoms with Gasteiger partial charge in [0.05, 0.1) is 18.3 Å². The Morgan fingerprint density at radius 2 is 2.04 bits per heavy atom. The number of hydrogen-bond donors (Lipinski definition) is 1. The summed E-state index contributed by atoms with van der Waals surface area (Å²) in [6.45, 7) is 0. The number of aromatic hydroxyl groups is 1. The van der Waals surface area contributed by atoms with Gasteiger partial charge in [-0.05, 0) is 12.1 Å². The third-order valence-electron chi connectivity index (χ3n) is 3.01. The van der Waals surface area contributed by atoms with Gasteiger partial charge in [0.1, 0.15) is 17.0 Å². The van der Waals surface area contributed by atoms with Crippen molar-refractivity contribution < 1.29 is 18.8 Å². The molecule has 0 aliphatic carbocycles. The Labute approximate surface area is 139 Å². The first-order chi connectivity index (χ1) is 10.7. The van der Waals surface area contributed by atoms with Crippen molar-refractivity contribution >= 4 is 32.8 Å². The monoisotopic (exact) mass is 357 g/mol. The van der Waals surface area contributed by atoms with Crippen molar-refractivity contribution in [3.63, 3.8) is 0 Å². The lowest BCUT2D eigenvalue weighted by Crippen LogP contribution is -2.03. The van der Waals surface area contributed by atoms with E-state index in [-0.39, 0.29) is 27.7 Å². The molecule has 0 aliphatic heterocycles. The molecule has 1 aromatic heterocycles. The van der Waals surface area contributed by atoms with E-state index in [9.17, 15) is 14.1 Å². The zero-order valence-electron chi connectivity index (χ0n) is 13.0. The van der Waals surface area contributed by atoms with E-state index in [0.717, 1.165) is 0 Å². The molecule has 7 nitrogen and oxygen atoms in total. The molecule has 0 saturated heterocycles. The minimum absolute atomic E-state index is 0.00836. The second-order valence-corrected chi connectivity index (χ2v) is 8.01. The van der Waals surface area contributed by atoms with Crippen LogP contribution in [0, 0.1) is 0 Å². The van der Waals surface area contributed by atoms with Crippen LogP contribution in [0.15, 0.2) is 22.7 Å². The summed E-state index contributed by atoms with van der Waals surface area (Å²) in [5.41, 5.74) is 0.260. The van der Waals surface area contributed by atoms with Gasteiger partial charge in [-0.15, -0.1) is 0 Å². The molecule has 0 atom stereocenters. The molecule has 0 aliphatic rings. The number of nitrogens with zero attached hydrogens (tertiary/aromatic N) is 3. The Hall–Kier alpha value is -2.06. The van der Waals surface area contributed by atoms with Crippen LogP contribution in [0.25, 0.3) is 0 Å². The highest BCUT2D eigenvalue weighted by Gasteiger charge is 2.23. The largest absolute Gasteiger partial charge is 0.494 e. The molecule has 1 aromatic carbocycles. The number of carbonyl (C=O) groups is 1. The highest BCUT2D eigenvalue weighted by Crippen LogP contribution is 2.39. The molecule has 0 bridgehead atoms. The first kappa shape index (κ1) is 17.3. The zero-order valence-corrected chi connectivity index (χ0v) is 14.6. The van der Waals surface area contributed by atoms with Gasteiger partial charge >= 0.3 is 0 Å². The van der Waals surface area contributed by atoms with Crippen molar-refractivity contribution in [2.45, 2.75) is 0 Å². The van der Waals surface area contributed by atoms with E-state index in [1.807, 2.05) is 0 Å². The van der Waals surface area contributed by atoms with Gasteiger partial charge < -0.3 is 9.84 Å². The maximum absolute atomic E-state index is 12.6. The molecule has 124 valence electrons. The van der Waals surface area contributed by atoms with E-state index in [4.69, 9.17) is 16.3 Å². The van der Waals surface area contributed by atoms with E-state index < -0.39 is 15.5 Å². The van der Waals surface area contributed by atoms with Gasteiger partial charge in [-0.2, -0.15) is 9.46 Å². The highest BCUT2D eigenvalue weighted by atomic mass is 35.5. The number of rotatable bonds is 4. The lowest BCUT2D eigenvalue weighted by Gasteiger charge is -2.10. The van der Waals surface area contributed by atoms with Crippen LogP contribution in [0.5, 0.6) is 11.6 Å². The van der Waals surface area contributed by atoms with E-state index in [2.05, 4.69) is 9.46 Å². The molecule has 0 saturated carbocycles. The SMILES string of the molecule is COc1ccc(C(=O)c2cnn(C)c2O)c(Cl)c1N=S(C)(C)=O. The third kappa shape index (κ3) is 3.48. The lowest BCUT2D eigenvalue weighted by atomic mass is 10.0. The summed E-state index contributed by atoms with van der Waals surface area (Å²) in [5.74, 6) is -0.480. The molecule has 0 spiro atoms. The van der Waals surface area contributed by atoms with Gasteiger partial charge in [0.2, 0.25) is 11.7 Å². The van der Waals surface area contributed by atoms with Crippen LogP contribution in [-0.4, -0.2) is 44.5 Å². The first-order valence-electron chi connectivity index (χ1n) is 6.45. The molecule has 9 heteroatoms. The second-order valence-electron chi connectivity index (χ2n) is 5.09. The molecule has 0 amide bonds. The quantitative estimate of drug-likeness (QED) is 0.848. The van der Waals surface area contributed by atoms with Crippen LogP contribution < -0.4 is 4.74 Å². The van der Waals surface area contributed by atoms with Gasteiger partial charge in [0.25, 0.3) is 0 Å². The maximum Gasteiger partial charge on any atom is 0.220 e. The number of aryl methyl sites for hydroxylation is 1. The number of aromatic nitrogens is 2. The molecule has 23 heavy (non-hydrogen) atoms. The Kier molecular flexibility index (Phi) is 4.67. The molecule has 2 aromatic rings. The minimum atomic E-state index is -2.51. The topological polar surface area (TPSA) is 93.8 Å². The smallest absolute Gasteiger partial charge is 0.220 e. The fourth-order valence-corrected chi connectivity index (χ4v) is 2.88. The van der Waals surface area contributed by atoms with Gasteiger partial charge in [0, 0.05) is 34.9 Å². The Morgan fingerprint density at radius 3 is 2.52 bits per heavy atom. The number of methoxy groups -OCH3 is 1. The van der Waals surface area contributed by atoms with E-state index in [1.165, 1.54) is 49.7 Å². The summed E-state index contributed by atoms with van der Waals surface area (Å²) in [4.78, 5) is 12.6. The lowest BCUT2D eigenvalue weighted by molar-refractivity contribution is 0.103. The summed E-state index contributed by atoms with van der Waals surface area (Å²) in [7, 11) is 0.419. The van der Waals surface area contributed by atoms with Crippen molar-refractivity contribution in [1.82, 2.24) is 9.78 Å². The van der Waals surface area contributed by atoms with Crippen molar-refractivity contribution in [2.75, 3.05) is 19.6 Å². The summed E-state index contributed by atoms with van der Waals surface area (Å²) in [6, 6.07) is 2.97. The molecule has 0 fully saturated rings. The molecule has 1 heterocycles. The third-order valence-corrected chi connectivity index (χ3v) is 4.01. The van der Waals surface area contributed by atoms with Gasteiger partial charge in [-0.1, -0.05) is 11.6 Å². The van der Waals surface area contributed by atoms with Crippen molar-refractivity contribution in [2.24, 2.45) is 11.4 Å². The zero-order chi connectivity index (χ0) is 17.4. The number of hydrogen-bond acceptors (Lipinski definition) is 6.